The molecule has 0 bridgehead atoms. The molecule has 0 radical (unpaired) electrons. The van der Waals surface area contributed by atoms with Crippen LogP contribution in [0.4, 0.5) is 17.6 Å². The molecule has 0 aliphatic rings. The number of benzene rings is 2. The number of pyridine rings is 1. The molecule has 0 spiro atoms. The van der Waals surface area contributed by atoms with Crippen LogP contribution in [0.3, 0.4) is 0 Å². The summed E-state index contributed by atoms with van der Waals surface area (Å²) in [6.45, 7) is 3.71. The summed E-state index contributed by atoms with van der Waals surface area (Å²) in [6.07, 6.45) is -3.32. The minimum absolute atomic E-state index is 0.000326. The van der Waals surface area contributed by atoms with E-state index >= 15 is 0 Å². The summed E-state index contributed by atoms with van der Waals surface area (Å²) in [6, 6.07) is 13.1. The third kappa shape index (κ3) is 5.65. The Labute approximate surface area is 221 Å². The number of carbonyl (C=O) groups is 1. The molecule has 11 heteroatoms. The monoisotopic (exact) mass is 537 g/mol. The van der Waals surface area contributed by atoms with Crippen molar-refractivity contribution in [3.8, 4) is 11.8 Å². The van der Waals surface area contributed by atoms with Gasteiger partial charge in [0.25, 0.3) is 5.56 Å². The highest BCUT2D eigenvalue weighted by Gasteiger charge is 2.34. The van der Waals surface area contributed by atoms with Gasteiger partial charge in [-0.1, -0.05) is 13.0 Å². The Morgan fingerprint density at radius 2 is 1.87 bits per heavy atom. The summed E-state index contributed by atoms with van der Waals surface area (Å²) in [7, 11) is 0. The lowest BCUT2D eigenvalue weighted by atomic mass is 10.1. The molecule has 39 heavy (non-hydrogen) atoms. The molecule has 0 saturated carbocycles. The van der Waals surface area contributed by atoms with Gasteiger partial charge >= 0.3 is 6.18 Å². The highest BCUT2D eigenvalue weighted by Crippen LogP contribution is 2.32. The van der Waals surface area contributed by atoms with Crippen molar-refractivity contribution in [2.75, 3.05) is 6.54 Å². The molecule has 4 aromatic rings. The second kappa shape index (κ2) is 11.0. The zero-order valence-corrected chi connectivity index (χ0v) is 21.0. The van der Waals surface area contributed by atoms with Crippen LogP contribution in [0.5, 0.6) is 0 Å². The first-order valence-corrected chi connectivity index (χ1v) is 12.1. The lowest BCUT2D eigenvalue weighted by molar-refractivity contribution is -0.140. The molecular formula is C28H23F4N5O2. The minimum Gasteiger partial charge on any atom is -0.332 e. The lowest BCUT2D eigenvalue weighted by Gasteiger charge is -2.30. The second-order valence-corrected chi connectivity index (χ2v) is 8.90. The Kier molecular flexibility index (Phi) is 7.76. The number of rotatable bonds is 7. The molecule has 0 aliphatic carbocycles. The number of alkyl halides is 3. The fourth-order valence-corrected chi connectivity index (χ4v) is 4.34. The summed E-state index contributed by atoms with van der Waals surface area (Å²) < 4.78 is 54.8. The number of halogens is 4. The standard InChI is InChI=1S/C28H23F4N5O2/c1-3-13-36(24(38)15-19-8-11-23(29)22(14-19)28(30,31)32)17(2)26-35-25-21(5-4-12-34-25)27(39)37(26)20-9-6-18(16-33)7-10-20/h4-12,14,17H,3,13,15H2,1-2H3/t17-/m1/s1. The van der Waals surface area contributed by atoms with Crippen LogP contribution in [0.25, 0.3) is 16.7 Å². The quantitative estimate of drug-likeness (QED) is 0.296. The van der Waals surface area contributed by atoms with Gasteiger partial charge in [0.15, 0.2) is 5.65 Å². The van der Waals surface area contributed by atoms with Crippen LogP contribution in [0.1, 0.15) is 48.8 Å². The molecule has 0 fully saturated rings. The Balaban J connectivity index is 1.79. The number of carbonyl (C=O) groups excluding carboxylic acids is 1. The van der Waals surface area contributed by atoms with Gasteiger partial charge in [-0.05, 0) is 67.4 Å². The van der Waals surface area contributed by atoms with Crippen LogP contribution < -0.4 is 5.56 Å². The van der Waals surface area contributed by atoms with Gasteiger partial charge in [-0.25, -0.2) is 14.4 Å². The van der Waals surface area contributed by atoms with E-state index in [-0.39, 0.29) is 29.0 Å². The molecular weight excluding hydrogens is 514 g/mol. The number of fused-ring (bicyclic) bond motifs is 1. The number of hydrogen-bond donors (Lipinski definition) is 0. The van der Waals surface area contributed by atoms with Crippen LogP contribution >= 0.6 is 0 Å². The molecule has 7 nitrogen and oxygen atoms in total. The first-order valence-electron chi connectivity index (χ1n) is 12.1. The fourth-order valence-electron chi connectivity index (χ4n) is 4.34. The van der Waals surface area contributed by atoms with Crippen LogP contribution in [0.2, 0.25) is 0 Å². The third-order valence-electron chi connectivity index (χ3n) is 6.24. The largest absolute Gasteiger partial charge is 0.419 e. The van der Waals surface area contributed by atoms with Gasteiger partial charge in [0.05, 0.1) is 40.7 Å². The van der Waals surface area contributed by atoms with Crippen LogP contribution in [-0.2, 0) is 17.4 Å². The van der Waals surface area contributed by atoms with E-state index in [2.05, 4.69) is 9.97 Å². The van der Waals surface area contributed by atoms with E-state index < -0.39 is 41.5 Å². The average molecular weight is 538 g/mol. The Hall–Kier alpha value is -4.59. The maximum Gasteiger partial charge on any atom is 0.419 e. The number of amides is 1. The number of nitrogens with zero attached hydrogens (tertiary/aromatic N) is 5. The van der Waals surface area contributed by atoms with E-state index in [1.165, 1.54) is 15.7 Å². The van der Waals surface area contributed by atoms with Crippen molar-refractivity contribution >= 4 is 16.9 Å². The maximum absolute atomic E-state index is 13.8. The molecule has 0 saturated heterocycles. The first-order chi connectivity index (χ1) is 18.5. The summed E-state index contributed by atoms with van der Waals surface area (Å²) >= 11 is 0. The number of aromatic nitrogens is 3. The summed E-state index contributed by atoms with van der Waals surface area (Å²) in [5.41, 5.74) is -0.906. The van der Waals surface area contributed by atoms with Gasteiger partial charge in [0, 0.05) is 12.7 Å². The van der Waals surface area contributed by atoms with Gasteiger partial charge in [0.1, 0.15) is 11.6 Å². The molecule has 1 atom stereocenters. The molecule has 0 N–H and O–H groups in total. The Morgan fingerprint density at radius 1 is 1.15 bits per heavy atom. The van der Waals surface area contributed by atoms with Crippen molar-refractivity contribution < 1.29 is 22.4 Å². The Morgan fingerprint density at radius 3 is 2.51 bits per heavy atom. The van der Waals surface area contributed by atoms with E-state index in [0.717, 1.165) is 6.07 Å². The third-order valence-corrected chi connectivity index (χ3v) is 6.24. The second-order valence-electron chi connectivity index (χ2n) is 8.90. The van der Waals surface area contributed by atoms with Gasteiger partial charge in [-0.15, -0.1) is 0 Å². The molecule has 200 valence electrons. The molecule has 0 aliphatic heterocycles. The first kappa shape index (κ1) is 27.4. The van der Waals surface area contributed by atoms with Crippen LogP contribution in [0, 0.1) is 17.1 Å². The molecule has 4 rings (SSSR count). The maximum atomic E-state index is 13.8. The topological polar surface area (TPSA) is 91.9 Å². The summed E-state index contributed by atoms with van der Waals surface area (Å²) in [4.78, 5) is 37.2. The van der Waals surface area contributed by atoms with Crippen molar-refractivity contribution in [2.45, 2.75) is 38.9 Å². The van der Waals surface area contributed by atoms with E-state index in [1.54, 1.807) is 43.3 Å². The number of hydrogen-bond acceptors (Lipinski definition) is 5. The van der Waals surface area contributed by atoms with Crippen molar-refractivity contribution in [3.63, 3.8) is 0 Å². The molecule has 2 aromatic carbocycles. The molecule has 2 heterocycles. The minimum atomic E-state index is -4.90. The van der Waals surface area contributed by atoms with Gasteiger partial charge in [-0.2, -0.15) is 18.4 Å². The van der Waals surface area contributed by atoms with Crippen molar-refractivity contribution in [3.05, 3.63) is 99.5 Å². The summed E-state index contributed by atoms with van der Waals surface area (Å²) in [5.74, 6) is -1.75. The van der Waals surface area contributed by atoms with E-state index in [1.807, 2.05) is 13.0 Å². The molecule has 1 amide bonds. The predicted octanol–water partition coefficient (Wildman–Crippen LogP) is 5.35. The lowest BCUT2D eigenvalue weighted by Crippen LogP contribution is -2.38. The van der Waals surface area contributed by atoms with Gasteiger partial charge in [0.2, 0.25) is 5.91 Å². The highest BCUT2D eigenvalue weighted by molar-refractivity contribution is 5.79. The highest BCUT2D eigenvalue weighted by atomic mass is 19.4. The number of nitriles is 1. The van der Waals surface area contributed by atoms with Gasteiger partial charge in [-0.3, -0.25) is 14.2 Å². The van der Waals surface area contributed by atoms with E-state index in [0.29, 0.717) is 29.8 Å². The molecule has 0 unspecified atom stereocenters. The predicted molar refractivity (Wildman–Crippen MR) is 135 cm³/mol. The van der Waals surface area contributed by atoms with Crippen LogP contribution in [-0.4, -0.2) is 31.9 Å². The Bertz CT molecular complexity index is 1620. The van der Waals surface area contributed by atoms with Crippen molar-refractivity contribution in [2.24, 2.45) is 0 Å². The van der Waals surface area contributed by atoms with Gasteiger partial charge < -0.3 is 4.90 Å². The van der Waals surface area contributed by atoms with E-state index in [9.17, 15) is 27.2 Å². The SMILES string of the molecule is CCCN(C(=O)Cc1ccc(F)c(C(F)(F)F)c1)[C@H](C)c1nc2ncccc2c(=O)n1-c1ccc(C#N)cc1. The molecule has 2 aromatic heterocycles. The van der Waals surface area contributed by atoms with Crippen molar-refractivity contribution in [1.82, 2.24) is 19.4 Å². The normalized spacial score (nSPS) is 12.2. The zero-order valence-electron chi connectivity index (χ0n) is 21.0. The fraction of sp³-hybridized carbons (Fsp3) is 0.250. The van der Waals surface area contributed by atoms with Crippen LogP contribution in [0.15, 0.2) is 65.6 Å². The smallest absolute Gasteiger partial charge is 0.332 e. The summed E-state index contributed by atoms with van der Waals surface area (Å²) in [5, 5.41) is 9.41. The zero-order chi connectivity index (χ0) is 28.3. The van der Waals surface area contributed by atoms with Crippen molar-refractivity contribution in [1.29, 1.82) is 5.26 Å². The average Bonchev–Trinajstić information content (AvgIpc) is 2.91. The van der Waals surface area contributed by atoms with E-state index in [4.69, 9.17) is 5.26 Å².